The van der Waals surface area contributed by atoms with Gasteiger partial charge in [0.15, 0.2) is 5.78 Å². The van der Waals surface area contributed by atoms with Gasteiger partial charge in [-0.3, -0.25) is 19.2 Å². The zero-order valence-electron chi connectivity index (χ0n) is 43.4. The first-order chi connectivity index (χ1) is 33.3. The Morgan fingerprint density at radius 1 is 0.857 bits per heavy atom. The van der Waals surface area contributed by atoms with E-state index in [0.29, 0.717) is 63.4 Å². The number of hydrogen-bond acceptors (Lipinski definition) is 14. The highest BCUT2D eigenvalue weighted by Crippen LogP contribution is 2.39. The quantitative estimate of drug-likeness (QED) is 0.118. The van der Waals surface area contributed by atoms with Crippen LogP contribution in [0.3, 0.4) is 0 Å². The predicted molar refractivity (Wildman–Crippen MR) is 263 cm³/mol. The van der Waals surface area contributed by atoms with E-state index in [0.717, 1.165) is 24.8 Å². The van der Waals surface area contributed by atoms with Gasteiger partial charge in [0.2, 0.25) is 5.79 Å². The van der Waals surface area contributed by atoms with Crippen LogP contribution in [0, 0.1) is 35.5 Å². The van der Waals surface area contributed by atoms with Gasteiger partial charge in [-0.2, -0.15) is 0 Å². The normalized spacial score (nSPS) is 39.5. The number of ketones is 3. The second-order valence-corrected chi connectivity index (χ2v) is 21.3. The molecule has 15 atom stereocenters. The zero-order chi connectivity index (χ0) is 51.3. The minimum absolute atomic E-state index is 0.0197. The molecule has 0 aromatic carbocycles. The summed E-state index contributed by atoms with van der Waals surface area (Å²) < 4.78 is 36.3. The number of Topliss-reactive ketones (excluding diaryl/α,β-unsaturated/α-hetero) is 3. The molecule has 1 unspecified atom stereocenters. The first kappa shape index (κ1) is 57.5. The van der Waals surface area contributed by atoms with Gasteiger partial charge in [0, 0.05) is 51.4 Å². The molecule has 15 heteroatoms. The van der Waals surface area contributed by atoms with Crippen LogP contribution in [0.1, 0.15) is 138 Å². The summed E-state index contributed by atoms with van der Waals surface area (Å²) in [6.45, 7) is 13.0. The summed E-state index contributed by atoms with van der Waals surface area (Å²) in [5.74, 6) is -7.90. The van der Waals surface area contributed by atoms with Gasteiger partial charge in [0.25, 0.3) is 11.7 Å². The molecule has 3 N–H and O–H groups in total. The molecule has 5 aliphatic rings. The summed E-state index contributed by atoms with van der Waals surface area (Å²) >= 11 is 0. The van der Waals surface area contributed by atoms with Crippen molar-refractivity contribution in [3.8, 4) is 0 Å². The lowest BCUT2D eigenvalue weighted by atomic mass is 9.78. The number of carbonyl (C=O) groups excluding carboxylic acids is 5. The molecule has 0 spiro atoms. The van der Waals surface area contributed by atoms with E-state index in [2.05, 4.69) is 0 Å². The number of fused-ring (bicyclic) bond motifs is 3. The fourth-order valence-electron chi connectivity index (χ4n) is 10.8. The van der Waals surface area contributed by atoms with Crippen LogP contribution in [-0.4, -0.2) is 144 Å². The molecule has 4 fully saturated rings. The van der Waals surface area contributed by atoms with Crippen LogP contribution in [0.5, 0.6) is 0 Å². The smallest absolute Gasteiger partial charge is 0.329 e. The number of nitrogens with zero attached hydrogens (tertiary/aromatic N) is 1. The van der Waals surface area contributed by atoms with Gasteiger partial charge in [-0.05, 0) is 120 Å². The maximum atomic E-state index is 14.5. The highest BCUT2D eigenvalue weighted by Gasteiger charge is 2.53. The van der Waals surface area contributed by atoms with Gasteiger partial charge in [-0.1, -0.05) is 71.1 Å². The van der Waals surface area contributed by atoms with Crippen LogP contribution in [0.4, 0.5) is 0 Å². The highest BCUT2D eigenvalue weighted by molar-refractivity contribution is 6.39. The Morgan fingerprint density at radius 3 is 2.29 bits per heavy atom. The van der Waals surface area contributed by atoms with Crippen LogP contribution < -0.4 is 0 Å². The molecule has 1 amide bonds. The molecule has 0 radical (unpaired) electrons. The van der Waals surface area contributed by atoms with Crippen LogP contribution in [-0.2, 0) is 52.4 Å². The Kier molecular flexibility index (Phi) is 22.2. The van der Waals surface area contributed by atoms with E-state index in [-0.39, 0.29) is 86.3 Å². The summed E-state index contributed by atoms with van der Waals surface area (Å²) in [5.41, 5.74) is 1.32. The molecule has 3 heterocycles. The molecule has 2 saturated carbocycles. The average molecular weight is 984 g/mol. The number of carbonyl (C=O) groups is 5. The molecule has 0 aromatic heterocycles. The van der Waals surface area contributed by atoms with E-state index >= 15 is 0 Å². The Balaban J connectivity index is 1.46. The first-order valence-electron chi connectivity index (χ1n) is 26.2. The third-order valence-electron chi connectivity index (χ3n) is 15.5. The second-order valence-electron chi connectivity index (χ2n) is 21.3. The Bertz CT molecular complexity index is 1890. The number of aliphatic hydroxyl groups is 3. The molecule has 0 aromatic rings. The predicted octanol–water partition coefficient (Wildman–Crippen LogP) is 6.73. The van der Waals surface area contributed by atoms with Crippen LogP contribution >= 0.6 is 0 Å². The molecule has 2 saturated heterocycles. The number of aliphatic hydroxyl groups excluding tert-OH is 2. The van der Waals surface area contributed by atoms with Crippen molar-refractivity contribution in [1.82, 2.24) is 4.90 Å². The number of allylic oxidation sites excluding steroid dienone is 6. The molecule has 15 nitrogen and oxygen atoms in total. The summed E-state index contributed by atoms with van der Waals surface area (Å²) in [6, 6.07) is -1.14. The van der Waals surface area contributed by atoms with E-state index < -0.39 is 71.7 Å². The van der Waals surface area contributed by atoms with Crippen molar-refractivity contribution in [2.24, 2.45) is 35.5 Å². The summed E-state index contributed by atoms with van der Waals surface area (Å²) in [4.78, 5) is 72.5. The lowest BCUT2D eigenvalue weighted by molar-refractivity contribution is -0.266. The zero-order valence-corrected chi connectivity index (χ0v) is 43.4. The van der Waals surface area contributed by atoms with Gasteiger partial charge >= 0.3 is 5.97 Å². The van der Waals surface area contributed by atoms with Crippen LogP contribution in [0.2, 0.25) is 0 Å². The summed E-state index contributed by atoms with van der Waals surface area (Å²) in [7, 11) is 3.02. The van der Waals surface area contributed by atoms with E-state index in [9.17, 15) is 39.3 Å². The Morgan fingerprint density at radius 2 is 1.60 bits per heavy atom. The fraction of sp³-hybridized carbons (Fsp3) is 0.764. The lowest BCUT2D eigenvalue weighted by Crippen LogP contribution is -2.61. The summed E-state index contributed by atoms with van der Waals surface area (Å²) in [5, 5.41) is 33.0. The molecular formula is C55H85NO14. The van der Waals surface area contributed by atoms with Gasteiger partial charge in [0.05, 0.1) is 43.7 Å². The number of hydrogen-bond donors (Lipinski definition) is 3. The lowest BCUT2D eigenvalue weighted by Gasteiger charge is -2.43. The number of esters is 1. The molecule has 394 valence electrons. The number of amides is 1. The van der Waals surface area contributed by atoms with Crippen molar-refractivity contribution in [1.29, 1.82) is 0 Å². The second kappa shape index (κ2) is 27.0. The molecule has 2 aliphatic carbocycles. The monoisotopic (exact) mass is 984 g/mol. The van der Waals surface area contributed by atoms with Crippen molar-refractivity contribution in [2.75, 3.05) is 34.0 Å². The number of piperidine rings is 1. The standard InChI is InChI=1S/C55H85NO14/c1-33-15-11-10-12-16-34(2)46(68-41-21-22-41)31-42-20-18-39(7)55(64,70-42)52(61)53(62)56-24-14-13-17-43(56)54(63)69-47(36(4)29-40-19-23-45(67-26-25-57)48(30-40)65-8)32-44(58)35(3)28-38(6)50(60)51(66-9)49(59)37(5)27-33/h10-12,15-16,28,33,35-37,39-43,45-48,50-51,57,60,64H,13-14,17-27,29-32H2,1-9H3/b12-10+,15-11+,34-16+,38-28+/t33-,35-,36-,37-,39-,40+,42+,43?,45-,46+,47+,48-,50-,51+,55-/m1/s1. The first-order valence-corrected chi connectivity index (χ1v) is 26.2. The largest absolute Gasteiger partial charge is 0.460 e. The van der Waals surface area contributed by atoms with Gasteiger partial charge in [-0.25, -0.2) is 4.79 Å². The number of rotatable bonds is 10. The number of ether oxygens (including phenoxy) is 6. The van der Waals surface area contributed by atoms with Crippen molar-refractivity contribution >= 4 is 29.2 Å². The van der Waals surface area contributed by atoms with Gasteiger partial charge < -0.3 is 48.6 Å². The topological polar surface area (TPSA) is 205 Å². The molecule has 2 bridgehead atoms. The SMILES string of the molecule is CO[C@@H]1C[C@H](C[C@@H](C)[C@@H]2CC(=O)[C@H](C)/C=C(\C)[C@@H](O)[C@@H](OC)C(=O)[C@H](C)C[C@H](C)/C=C/C=C/C=C(\C)[C@@H](OC3CC3)C[C@@H]3CC[C@@H](C)[C@@](O)(O3)C(=O)C(=O)N3CCCCC3C(=O)O2)CC[C@H]1OCCO. The third kappa shape index (κ3) is 15.6. The maximum absolute atomic E-state index is 14.5. The summed E-state index contributed by atoms with van der Waals surface area (Å²) in [6.07, 6.45) is 14.3. The van der Waals surface area contributed by atoms with E-state index in [1.807, 2.05) is 58.1 Å². The van der Waals surface area contributed by atoms with Crippen molar-refractivity contribution < 1.29 is 67.7 Å². The van der Waals surface area contributed by atoms with Gasteiger partial charge in [0.1, 0.15) is 30.1 Å². The van der Waals surface area contributed by atoms with Gasteiger partial charge in [-0.15, -0.1) is 0 Å². The van der Waals surface area contributed by atoms with Crippen molar-refractivity contribution in [3.05, 3.63) is 47.6 Å². The fourth-order valence-corrected chi connectivity index (χ4v) is 10.8. The minimum atomic E-state index is -2.43. The van der Waals surface area contributed by atoms with Crippen molar-refractivity contribution in [3.63, 3.8) is 0 Å². The maximum Gasteiger partial charge on any atom is 0.329 e. The highest BCUT2D eigenvalue weighted by atomic mass is 16.6. The van der Waals surface area contributed by atoms with Crippen LogP contribution in [0.25, 0.3) is 0 Å². The molecule has 5 rings (SSSR count). The van der Waals surface area contributed by atoms with E-state index in [1.54, 1.807) is 34.0 Å². The minimum Gasteiger partial charge on any atom is -0.460 e. The molecule has 70 heavy (non-hydrogen) atoms. The number of cyclic esters (lactones) is 1. The number of methoxy groups -OCH3 is 2. The van der Waals surface area contributed by atoms with Crippen LogP contribution in [0.15, 0.2) is 47.6 Å². The average Bonchev–Trinajstić information content (AvgIpc) is 4.17. The Labute approximate surface area is 416 Å². The van der Waals surface area contributed by atoms with Crippen molar-refractivity contribution in [2.45, 2.75) is 199 Å². The van der Waals surface area contributed by atoms with E-state index in [1.165, 1.54) is 12.0 Å². The van der Waals surface area contributed by atoms with E-state index in [4.69, 9.17) is 28.4 Å². The molecular weight excluding hydrogens is 899 g/mol. The molecule has 3 aliphatic heterocycles. The third-order valence-corrected chi connectivity index (χ3v) is 15.5. The Hall–Kier alpha value is -3.41.